The zero-order valence-corrected chi connectivity index (χ0v) is 15.7. The third-order valence-corrected chi connectivity index (χ3v) is 8.49. The van der Waals surface area contributed by atoms with Gasteiger partial charge in [-0.2, -0.15) is 0 Å². The van der Waals surface area contributed by atoms with Gasteiger partial charge in [0.2, 0.25) is 0 Å². The molecule has 2 heterocycles. The molecule has 2 aromatic rings. The fourth-order valence-electron chi connectivity index (χ4n) is 3.61. The quantitative estimate of drug-likeness (QED) is 0.472. The van der Waals surface area contributed by atoms with Crippen molar-refractivity contribution in [2.24, 2.45) is 0 Å². The van der Waals surface area contributed by atoms with Gasteiger partial charge in [-0.3, -0.25) is 0 Å². The predicted octanol–water partition coefficient (Wildman–Crippen LogP) is 5.68. The molecular formula is C20H25O4Si-. The maximum absolute atomic E-state index is 6.34. The molecule has 0 bridgehead atoms. The Morgan fingerprint density at radius 1 is 0.600 bits per heavy atom. The SMILES string of the molecule is CCCCCCCC[Si-]12(Oc3ccccc3O1)Oc1ccccc1O2. The molecule has 0 saturated carbocycles. The van der Waals surface area contributed by atoms with Crippen molar-refractivity contribution in [3.63, 3.8) is 0 Å². The molecule has 0 radical (unpaired) electrons. The van der Waals surface area contributed by atoms with Crippen molar-refractivity contribution in [3.8, 4) is 23.0 Å². The third kappa shape index (κ3) is 2.97. The van der Waals surface area contributed by atoms with Gasteiger partial charge in [0.25, 0.3) is 0 Å². The number of hydrogen-bond acceptors (Lipinski definition) is 4. The molecule has 2 aliphatic rings. The van der Waals surface area contributed by atoms with E-state index in [2.05, 4.69) is 6.92 Å². The summed E-state index contributed by atoms with van der Waals surface area (Å²) in [7, 11) is -3.99. The average Bonchev–Trinajstić information content (AvgIpc) is 3.12. The van der Waals surface area contributed by atoms with Gasteiger partial charge in [-0.15, -0.1) is 0 Å². The molecule has 1 spiro atoms. The van der Waals surface area contributed by atoms with E-state index in [0.29, 0.717) is 6.04 Å². The first-order valence-corrected chi connectivity index (χ1v) is 11.7. The minimum absolute atomic E-state index is 0.662. The first-order valence-electron chi connectivity index (χ1n) is 9.35. The van der Waals surface area contributed by atoms with Crippen LogP contribution >= 0.6 is 0 Å². The van der Waals surface area contributed by atoms with E-state index in [1.165, 1.54) is 25.7 Å². The summed E-state index contributed by atoms with van der Waals surface area (Å²) in [4.78, 5) is 0. The summed E-state index contributed by atoms with van der Waals surface area (Å²) in [5, 5.41) is 0. The Morgan fingerprint density at radius 2 is 1.00 bits per heavy atom. The Labute approximate surface area is 149 Å². The van der Waals surface area contributed by atoms with Gasteiger partial charge in [0.05, 0.1) is 0 Å². The Balaban J connectivity index is 1.54. The Morgan fingerprint density at radius 3 is 1.44 bits per heavy atom. The molecule has 0 aromatic heterocycles. The number of benzene rings is 2. The first-order chi connectivity index (χ1) is 12.2. The van der Waals surface area contributed by atoms with Crippen molar-refractivity contribution in [2.45, 2.75) is 51.5 Å². The molecule has 4 nitrogen and oxygen atoms in total. The number of para-hydroxylation sites is 4. The average molecular weight is 358 g/mol. The topological polar surface area (TPSA) is 36.9 Å². The van der Waals surface area contributed by atoms with Crippen LogP contribution in [0.25, 0.3) is 0 Å². The predicted molar refractivity (Wildman–Crippen MR) is 99.3 cm³/mol. The monoisotopic (exact) mass is 357 g/mol. The molecule has 0 N–H and O–H groups in total. The van der Waals surface area contributed by atoms with E-state index in [-0.39, 0.29) is 0 Å². The molecule has 134 valence electrons. The third-order valence-electron chi connectivity index (χ3n) is 4.87. The van der Waals surface area contributed by atoms with E-state index in [1.807, 2.05) is 48.5 Å². The van der Waals surface area contributed by atoms with E-state index in [1.54, 1.807) is 0 Å². The summed E-state index contributed by atoms with van der Waals surface area (Å²) in [5.74, 6) is 2.87. The Hall–Kier alpha value is -2.14. The molecule has 2 aromatic carbocycles. The van der Waals surface area contributed by atoms with Gasteiger partial charge in [0, 0.05) is 0 Å². The molecule has 2 aliphatic heterocycles. The molecule has 0 saturated heterocycles. The molecule has 0 fully saturated rings. The second-order valence-electron chi connectivity index (χ2n) is 6.90. The van der Waals surface area contributed by atoms with Gasteiger partial charge in [0.15, 0.2) is 0 Å². The molecule has 5 heteroatoms. The number of hydrogen-bond donors (Lipinski definition) is 0. The van der Waals surface area contributed by atoms with Crippen LogP contribution in [0.1, 0.15) is 45.4 Å². The summed E-state index contributed by atoms with van der Waals surface area (Å²) in [6, 6.07) is 16.1. The summed E-state index contributed by atoms with van der Waals surface area (Å²) < 4.78 is 25.4. The van der Waals surface area contributed by atoms with Gasteiger partial charge in [-0.05, 0) is 0 Å². The summed E-state index contributed by atoms with van der Waals surface area (Å²) in [6.07, 6.45) is 7.16. The summed E-state index contributed by atoms with van der Waals surface area (Å²) >= 11 is 0. The van der Waals surface area contributed by atoms with E-state index < -0.39 is 8.33 Å². The molecule has 0 atom stereocenters. The van der Waals surface area contributed by atoms with Crippen molar-refractivity contribution in [2.75, 3.05) is 0 Å². The molecular weight excluding hydrogens is 332 g/mol. The van der Waals surface area contributed by atoms with Crippen molar-refractivity contribution in [1.29, 1.82) is 0 Å². The number of unbranched alkanes of at least 4 members (excludes halogenated alkanes) is 5. The maximum atomic E-state index is 6.34. The fourth-order valence-corrected chi connectivity index (χ4v) is 7.47. The van der Waals surface area contributed by atoms with Gasteiger partial charge in [-0.25, -0.2) is 0 Å². The van der Waals surface area contributed by atoms with Gasteiger partial charge >= 0.3 is 149 Å². The standard InChI is InChI=1S/C20H25O4Si/c1-2-3-4-5-6-11-16-25(21-17-12-7-8-13-18(17)22-25)23-19-14-9-10-15-20(19)24-25/h7-10,12-15H,2-6,11,16H2,1H3/q-1. The zero-order chi connectivity index (χ0) is 17.2. The van der Waals surface area contributed by atoms with Crippen LogP contribution in [-0.2, 0) is 0 Å². The Kier molecular flexibility index (Phi) is 4.11. The summed E-state index contributed by atoms with van der Waals surface area (Å²) in [5.41, 5.74) is 0. The van der Waals surface area contributed by atoms with Gasteiger partial charge < -0.3 is 0 Å². The number of rotatable bonds is 7. The van der Waals surface area contributed by atoms with Crippen LogP contribution < -0.4 is 17.7 Å². The molecule has 0 amide bonds. The first kappa shape index (κ1) is 16.3. The zero-order valence-electron chi connectivity index (χ0n) is 14.7. The van der Waals surface area contributed by atoms with Gasteiger partial charge in [-0.1, -0.05) is 0 Å². The molecule has 25 heavy (non-hydrogen) atoms. The van der Waals surface area contributed by atoms with Crippen LogP contribution in [0.2, 0.25) is 6.04 Å². The van der Waals surface area contributed by atoms with Crippen molar-refractivity contribution >= 4 is 8.33 Å². The van der Waals surface area contributed by atoms with E-state index in [4.69, 9.17) is 17.7 Å². The Bertz CT molecular complexity index is 648. The van der Waals surface area contributed by atoms with Crippen LogP contribution in [0.5, 0.6) is 23.0 Å². The van der Waals surface area contributed by atoms with E-state index >= 15 is 0 Å². The normalized spacial score (nSPS) is 19.5. The van der Waals surface area contributed by atoms with Crippen LogP contribution in [0.15, 0.2) is 48.5 Å². The van der Waals surface area contributed by atoms with E-state index in [0.717, 1.165) is 35.8 Å². The summed E-state index contributed by atoms with van der Waals surface area (Å²) in [6.45, 7) is 2.23. The van der Waals surface area contributed by atoms with Crippen LogP contribution in [0.3, 0.4) is 0 Å². The second-order valence-corrected chi connectivity index (χ2v) is 10.4. The van der Waals surface area contributed by atoms with Crippen LogP contribution in [-0.4, -0.2) is 8.33 Å². The van der Waals surface area contributed by atoms with Crippen molar-refractivity contribution < 1.29 is 17.7 Å². The number of fused-ring (bicyclic) bond motifs is 2. The van der Waals surface area contributed by atoms with Crippen molar-refractivity contribution in [1.82, 2.24) is 0 Å². The molecule has 0 aliphatic carbocycles. The van der Waals surface area contributed by atoms with Crippen molar-refractivity contribution in [3.05, 3.63) is 48.5 Å². The molecule has 4 rings (SSSR count). The fraction of sp³-hybridized carbons (Fsp3) is 0.400. The minimum atomic E-state index is -3.99. The molecule has 0 unspecified atom stereocenters. The van der Waals surface area contributed by atoms with E-state index in [9.17, 15) is 0 Å². The van der Waals surface area contributed by atoms with Crippen LogP contribution in [0.4, 0.5) is 0 Å². The second kappa shape index (κ2) is 6.30. The van der Waals surface area contributed by atoms with Crippen LogP contribution in [0, 0.1) is 0 Å². The van der Waals surface area contributed by atoms with Gasteiger partial charge in [0.1, 0.15) is 0 Å².